The maximum absolute atomic E-state index is 12.4. The average molecular weight is 330 g/mol. The Labute approximate surface area is 145 Å². The Hall–Kier alpha value is -1.39. The van der Waals surface area contributed by atoms with Gasteiger partial charge < -0.3 is 15.4 Å². The molecule has 2 heterocycles. The molecule has 0 radical (unpaired) electrons. The van der Waals surface area contributed by atoms with Gasteiger partial charge in [0.25, 0.3) is 0 Å². The van der Waals surface area contributed by atoms with Crippen LogP contribution in [0, 0.1) is 12.8 Å². The SMILES string of the molecule is Cc1ccccc1C1(CNC(=O)CC2CCCNC2)CCOCC1. The number of amides is 1. The molecule has 1 atom stereocenters. The second kappa shape index (κ2) is 8.13. The highest BCUT2D eigenvalue weighted by atomic mass is 16.5. The highest BCUT2D eigenvalue weighted by molar-refractivity contribution is 5.76. The number of nitrogens with one attached hydrogen (secondary N) is 2. The lowest BCUT2D eigenvalue weighted by molar-refractivity contribution is -0.122. The van der Waals surface area contributed by atoms with Crippen LogP contribution in [-0.2, 0) is 14.9 Å². The van der Waals surface area contributed by atoms with Crippen LogP contribution in [0.4, 0.5) is 0 Å². The third-order valence-corrected chi connectivity index (χ3v) is 5.66. The van der Waals surface area contributed by atoms with Crippen molar-refractivity contribution >= 4 is 5.91 Å². The zero-order valence-electron chi connectivity index (χ0n) is 14.8. The lowest BCUT2D eigenvalue weighted by atomic mass is 9.72. The smallest absolute Gasteiger partial charge is 0.220 e. The predicted octanol–water partition coefficient (Wildman–Crippen LogP) is 2.55. The number of aryl methyl sites for hydroxylation is 1. The van der Waals surface area contributed by atoms with E-state index < -0.39 is 0 Å². The standard InChI is InChI=1S/C20H30N2O2/c1-16-5-2-3-7-18(16)20(8-11-24-12-9-20)15-22-19(23)13-17-6-4-10-21-14-17/h2-3,5,7,17,21H,4,6,8-15H2,1H3,(H,22,23). The summed E-state index contributed by atoms with van der Waals surface area (Å²) in [6.07, 6.45) is 4.94. The van der Waals surface area contributed by atoms with Gasteiger partial charge in [0.1, 0.15) is 0 Å². The minimum atomic E-state index is 0.0179. The number of benzene rings is 1. The molecule has 2 fully saturated rings. The minimum Gasteiger partial charge on any atom is -0.381 e. The van der Waals surface area contributed by atoms with Crippen LogP contribution >= 0.6 is 0 Å². The second-order valence-corrected chi connectivity index (χ2v) is 7.40. The highest BCUT2D eigenvalue weighted by Gasteiger charge is 2.35. The summed E-state index contributed by atoms with van der Waals surface area (Å²) in [5, 5.41) is 6.63. The summed E-state index contributed by atoms with van der Waals surface area (Å²) in [5.41, 5.74) is 2.70. The Morgan fingerprint density at radius 1 is 1.33 bits per heavy atom. The molecule has 1 aromatic carbocycles. The molecule has 1 aromatic rings. The summed E-state index contributed by atoms with van der Waals surface area (Å²) in [5.74, 6) is 0.686. The van der Waals surface area contributed by atoms with Crippen molar-refractivity contribution in [3.8, 4) is 0 Å². The Morgan fingerprint density at radius 2 is 2.12 bits per heavy atom. The summed E-state index contributed by atoms with van der Waals surface area (Å²) < 4.78 is 5.59. The van der Waals surface area contributed by atoms with Crippen molar-refractivity contribution in [1.29, 1.82) is 0 Å². The van der Waals surface area contributed by atoms with Crippen molar-refractivity contribution in [2.24, 2.45) is 5.92 Å². The maximum atomic E-state index is 12.4. The molecule has 0 bridgehead atoms. The summed E-state index contributed by atoms with van der Waals surface area (Å²) in [6, 6.07) is 8.58. The summed E-state index contributed by atoms with van der Waals surface area (Å²) in [7, 11) is 0. The van der Waals surface area contributed by atoms with Crippen molar-refractivity contribution < 1.29 is 9.53 Å². The van der Waals surface area contributed by atoms with E-state index in [1.165, 1.54) is 17.5 Å². The molecular weight excluding hydrogens is 300 g/mol. The monoisotopic (exact) mass is 330 g/mol. The molecule has 1 unspecified atom stereocenters. The van der Waals surface area contributed by atoms with Crippen LogP contribution in [0.15, 0.2) is 24.3 Å². The van der Waals surface area contributed by atoms with E-state index >= 15 is 0 Å². The molecular formula is C20H30N2O2. The van der Waals surface area contributed by atoms with Gasteiger partial charge in [-0.2, -0.15) is 0 Å². The van der Waals surface area contributed by atoms with Crippen LogP contribution in [0.25, 0.3) is 0 Å². The lowest BCUT2D eigenvalue weighted by Crippen LogP contribution is -2.45. The molecule has 132 valence electrons. The first-order chi connectivity index (χ1) is 11.7. The van der Waals surface area contributed by atoms with Gasteiger partial charge in [0.15, 0.2) is 0 Å². The Balaban J connectivity index is 1.64. The van der Waals surface area contributed by atoms with Crippen LogP contribution < -0.4 is 10.6 Å². The number of carbonyl (C=O) groups is 1. The van der Waals surface area contributed by atoms with Gasteiger partial charge in [-0.05, 0) is 62.7 Å². The normalized spacial score (nSPS) is 23.6. The quantitative estimate of drug-likeness (QED) is 0.872. The topological polar surface area (TPSA) is 50.4 Å². The second-order valence-electron chi connectivity index (χ2n) is 7.40. The zero-order valence-corrected chi connectivity index (χ0v) is 14.8. The number of piperidine rings is 1. The first kappa shape index (κ1) is 17.4. The van der Waals surface area contributed by atoms with Gasteiger partial charge in [0.05, 0.1) is 0 Å². The van der Waals surface area contributed by atoms with Gasteiger partial charge in [-0.15, -0.1) is 0 Å². The summed E-state index contributed by atoms with van der Waals surface area (Å²) >= 11 is 0. The third-order valence-electron chi connectivity index (χ3n) is 5.66. The third kappa shape index (κ3) is 4.17. The van der Waals surface area contributed by atoms with E-state index in [0.717, 1.165) is 52.1 Å². The summed E-state index contributed by atoms with van der Waals surface area (Å²) in [4.78, 5) is 12.4. The van der Waals surface area contributed by atoms with Crippen molar-refractivity contribution in [2.45, 2.75) is 44.4 Å². The fourth-order valence-corrected chi connectivity index (χ4v) is 4.17. The Bertz CT molecular complexity index is 546. The van der Waals surface area contributed by atoms with Crippen molar-refractivity contribution in [2.75, 3.05) is 32.8 Å². The van der Waals surface area contributed by atoms with Gasteiger partial charge in [-0.25, -0.2) is 0 Å². The molecule has 0 aliphatic carbocycles. The van der Waals surface area contributed by atoms with Crippen LogP contribution in [0.2, 0.25) is 0 Å². The molecule has 4 heteroatoms. The molecule has 0 saturated carbocycles. The van der Waals surface area contributed by atoms with Crippen molar-refractivity contribution in [1.82, 2.24) is 10.6 Å². The lowest BCUT2D eigenvalue weighted by Gasteiger charge is -2.39. The fraction of sp³-hybridized carbons (Fsp3) is 0.650. The average Bonchev–Trinajstić information content (AvgIpc) is 2.62. The maximum Gasteiger partial charge on any atom is 0.220 e. The zero-order chi connectivity index (χ0) is 16.8. The van der Waals surface area contributed by atoms with E-state index in [1.807, 2.05) is 0 Å². The Morgan fingerprint density at radius 3 is 2.83 bits per heavy atom. The number of carbonyl (C=O) groups excluding carboxylic acids is 1. The first-order valence-corrected chi connectivity index (χ1v) is 9.31. The van der Waals surface area contributed by atoms with Crippen LogP contribution in [0.5, 0.6) is 0 Å². The fourth-order valence-electron chi connectivity index (χ4n) is 4.17. The van der Waals surface area contributed by atoms with E-state index in [1.54, 1.807) is 0 Å². The number of hydrogen-bond donors (Lipinski definition) is 2. The van der Waals surface area contributed by atoms with Crippen molar-refractivity contribution in [3.63, 3.8) is 0 Å². The van der Waals surface area contributed by atoms with E-state index in [-0.39, 0.29) is 11.3 Å². The predicted molar refractivity (Wildman–Crippen MR) is 96.1 cm³/mol. The van der Waals surface area contributed by atoms with Gasteiger partial charge in [-0.1, -0.05) is 24.3 Å². The van der Waals surface area contributed by atoms with Gasteiger partial charge >= 0.3 is 0 Å². The number of rotatable bonds is 5. The molecule has 4 nitrogen and oxygen atoms in total. The van der Waals surface area contributed by atoms with E-state index in [9.17, 15) is 4.79 Å². The molecule has 24 heavy (non-hydrogen) atoms. The molecule has 0 spiro atoms. The first-order valence-electron chi connectivity index (χ1n) is 9.31. The minimum absolute atomic E-state index is 0.0179. The molecule has 2 aliphatic heterocycles. The molecule has 0 aromatic heterocycles. The van der Waals surface area contributed by atoms with Crippen molar-refractivity contribution in [3.05, 3.63) is 35.4 Å². The van der Waals surface area contributed by atoms with Crippen LogP contribution in [0.3, 0.4) is 0 Å². The summed E-state index contributed by atoms with van der Waals surface area (Å²) in [6.45, 7) is 6.51. The molecule has 2 saturated heterocycles. The molecule has 2 N–H and O–H groups in total. The van der Waals surface area contributed by atoms with E-state index in [0.29, 0.717) is 12.3 Å². The highest BCUT2D eigenvalue weighted by Crippen LogP contribution is 2.36. The Kier molecular flexibility index (Phi) is 5.90. The van der Waals surface area contributed by atoms with Crippen LogP contribution in [0.1, 0.15) is 43.2 Å². The van der Waals surface area contributed by atoms with E-state index in [4.69, 9.17) is 4.74 Å². The van der Waals surface area contributed by atoms with Gasteiger partial charge in [-0.3, -0.25) is 4.79 Å². The number of ether oxygens (including phenoxy) is 1. The van der Waals surface area contributed by atoms with E-state index in [2.05, 4.69) is 41.8 Å². The molecule has 3 rings (SSSR count). The van der Waals surface area contributed by atoms with Gasteiger partial charge in [0.2, 0.25) is 5.91 Å². The largest absolute Gasteiger partial charge is 0.381 e. The van der Waals surface area contributed by atoms with Crippen LogP contribution in [-0.4, -0.2) is 38.8 Å². The number of hydrogen-bond acceptors (Lipinski definition) is 3. The molecule has 1 amide bonds. The van der Waals surface area contributed by atoms with Gasteiger partial charge in [0, 0.05) is 31.6 Å². The molecule has 2 aliphatic rings.